The zero-order valence-corrected chi connectivity index (χ0v) is 15.1. The SMILES string of the molecule is CNC(=O)Cc1ccc(NC(=O)c2cc(-c3cccc(OC)c3)n[nH]2)cc1. The fraction of sp³-hybridized carbons (Fsp3) is 0.150. The lowest BCUT2D eigenvalue weighted by molar-refractivity contribution is -0.119. The molecule has 0 radical (unpaired) electrons. The largest absolute Gasteiger partial charge is 0.497 e. The Bertz CT molecular complexity index is 948. The number of likely N-dealkylation sites (N-methyl/N-ethyl adjacent to an activating group) is 1. The van der Waals surface area contributed by atoms with Gasteiger partial charge in [0.05, 0.1) is 19.2 Å². The lowest BCUT2D eigenvalue weighted by atomic mass is 10.1. The third-order valence-electron chi connectivity index (χ3n) is 4.04. The summed E-state index contributed by atoms with van der Waals surface area (Å²) in [6.45, 7) is 0. The monoisotopic (exact) mass is 364 g/mol. The Balaban J connectivity index is 1.68. The van der Waals surface area contributed by atoms with E-state index in [0.717, 1.165) is 16.9 Å². The third-order valence-corrected chi connectivity index (χ3v) is 4.04. The summed E-state index contributed by atoms with van der Waals surface area (Å²) >= 11 is 0. The summed E-state index contributed by atoms with van der Waals surface area (Å²) in [7, 11) is 3.20. The van der Waals surface area contributed by atoms with E-state index in [9.17, 15) is 9.59 Å². The number of nitrogens with one attached hydrogen (secondary N) is 3. The number of benzene rings is 2. The van der Waals surface area contributed by atoms with E-state index in [1.165, 1.54) is 0 Å². The number of anilines is 1. The number of hydrogen-bond acceptors (Lipinski definition) is 4. The second-order valence-electron chi connectivity index (χ2n) is 5.90. The molecule has 0 fully saturated rings. The normalized spacial score (nSPS) is 10.3. The number of rotatable bonds is 6. The summed E-state index contributed by atoms with van der Waals surface area (Å²) in [5, 5.41) is 12.3. The van der Waals surface area contributed by atoms with Crippen molar-refractivity contribution in [3.8, 4) is 17.0 Å². The molecule has 0 unspecified atom stereocenters. The molecule has 2 amide bonds. The first kappa shape index (κ1) is 18.2. The summed E-state index contributed by atoms with van der Waals surface area (Å²) in [5.74, 6) is 0.364. The summed E-state index contributed by atoms with van der Waals surface area (Å²) in [6, 6.07) is 16.3. The van der Waals surface area contributed by atoms with Crippen molar-refractivity contribution in [2.75, 3.05) is 19.5 Å². The van der Waals surface area contributed by atoms with Crippen LogP contribution in [0.5, 0.6) is 5.75 Å². The number of aromatic nitrogens is 2. The molecule has 0 saturated carbocycles. The second kappa shape index (κ2) is 8.18. The van der Waals surface area contributed by atoms with Crippen molar-refractivity contribution in [3.63, 3.8) is 0 Å². The minimum Gasteiger partial charge on any atom is -0.497 e. The standard InChI is InChI=1S/C20H20N4O3/c1-21-19(25)10-13-6-8-15(9-7-13)22-20(26)18-12-17(23-24-18)14-4-3-5-16(11-14)27-2/h3-9,11-12H,10H2,1-2H3,(H,21,25)(H,22,26)(H,23,24). The molecule has 0 saturated heterocycles. The highest BCUT2D eigenvalue weighted by atomic mass is 16.5. The molecule has 138 valence electrons. The molecular weight excluding hydrogens is 344 g/mol. The maximum Gasteiger partial charge on any atom is 0.273 e. The van der Waals surface area contributed by atoms with Crippen molar-refractivity contribution in [2.24, 2.45) is 0 Å². The molecule has 7 heteroatoms. The highest BCUT2D eigenvalue weighted by Crippen LogP contribution is 2.23. The first-order valence-corrected chi connectivity index (χ1v) is 8.40. The van der Waals surface area contributed by atoms with Crippen LogP contribution < -0.4 is 15.4 Å². The van der Waals surface area contributed by atoms with E-state index in [-0.39, 0.29) is 11.8 Å². The number of carbonyl (C=O) groups is 2. The topological polar surface area (TPSA) is 96.1 Å². The molecule has 0 spiro atoms. The Hall–Kier alpha value is -3.61. The van der Waals surface area contributed by atoms with Gasteiger partial charge in [-0.2, -0.15) is 5.10 Å². The molecule has 1 heterocycles. The van der Waals surface area contributed by atoms with Gasteiger partial charge in [0.2, 0.25) is 5.91 Å². The predicted molar refractivity (Wildman–Crippen MR) is 103 cm³/mol. The number of methoxy groups -OCH3 is 1. The highest BCUT2D eigenvalue weighted by Gasteiger charge is 2.12. The van der Waals surface area contributed by atoms with Crippen LogP contribution in [-0.2, 0) is 11.2 Å². The molecule has 3 N–H and O–H groups in total. The van der Waals surface area contributed by atoms with E-state index in [0.29, 0.717) is 23.5 Å². The average Bonchev–Trinajstić information content (AvgIpc) is 3.20. The molecule has 2 aromatic carbocycles. The molecule has 7 nitrogen and oxygen atoms in total. The molecule has 27 heavy (non-hydrogen) atoms. The summed E-state index contributed by atoms with van der Waals surface area (Å²) in [5.41, 5.74) is 3.36. The molecule has 3 aromatic rings. The number of ether oxygens (including phenoxy) is 1. The van der Waals surface area contributed by atoms with Gasteiger partial charge in [-0.05, 0) is 35.9 Å². The molecule has 0 aliphatic heterocycles. The van der Waals surface area contributed by atoms with Gasteiger partial charge in [0, 0.05) is 18.3 Å². The Morgan fingerprint density at radius 1 is 1.11 bits per heavy atom. The van der Waals surface area contributed by atoms with Gasteiger partial charge in [0.1, 0.15) is 11.4 Å². The second-order valence-corrected chi connectivity index (χ2v) is 5.90. The summed E-state index contributed by atoms with van der Waals surface area (Å²) < 4.78 is 5.21. The molecular formula is C20H20N4O3. The van der Waals surface area contributed by atoms with Crippen molar-refractivity contribution >= 4 is 17.5 Å². The number of hydrogen-bond donors (Lipinski definition) is 3. The lowest BCUT2D eigenvalue weighted by Gasteiger charge is -2.05. The van der Waals surface area contributed by atoms with E-state index in [2.05, 4.69) is 20.8 Å². The Kier molecular flexibility index (Phi) is 5.51. The number of carbonyl (C=O) groups excluding carboxylic acids is 2. The fourth-order valence-corrected chi connectivity index (χ4v) is 2.55. The number of aromatic amines is 1. The molecule has 1 aromatic heterocycles. The number of H-pyrrole nitrogens is 1. The maximum absolute atomic E-state index is 12.4. The Morgan fingerprint density at radius 3 is 2.59 bits per heavy atom. The van der Waals surface area contributed by atoms with Crippen molar-refractivity contribution in [3.05, 3.63) is 65.9 Å². The smallest absolute Gasteiger partial charge is 0.273 e. The molecule has 0 aliphatic rings. The minimum atomic E-state index is -0.296. The van der Waals surface area contributed by atoms with Crippen LogP contribution in [0.1, 0.15) is 16.1 Å². The van der Waals surface area contributed by atoms with Gasteiger partial charge in [0.25, 0.3) is 5.91 Å². The molecule has 3 rings (SSSR count). The minimum absolute atomic E-state index is 0.0608. The van der Waals surface area contributed by atoms with Gasteiger partial charge in [-0.3, -0.25) is 14.7 Å². The van der Waals surface area contributed by atoms with Crippen LogP contribution in [0.2, 0.25) is 0 Å². The molecule has 0 aliphatic carbocycles. The number of amides is 2. The number of nitrogens with zero attached hydrogens (tertiary/aromatic N) is 1. The van der Waals surface area contributed by atoms with E-state index in [1.807, 2.05) is 24.3 Å². The lowest BCUT2D eigenvalue weighted by Crippen LogP contribution is -2.19. The van der Waals surface area contributed by atoms with Crippen LogP contribution >= 0.6 is 0 Å². The van der Waals surface area contributed by atoms with Gasteiger partial charge in [-0.25, -0.2) is 0 Å². The van der Waals surface area contributed by atoms with Gasteiger partial charge >= 0.3 is 0 Å². The predicted octanol–water partition coefficient (Wildman–Crippen LogP) is 2.63. The fourth-order valence-electron chi connectivity index (χ4n) is 2.55. The van der Waals surface area contributed by atoms with Crippen LogP contribution in [0.15, 0.2) is 54.6 Å². The van der Waals surface area contributed by atoms with E-state index in [4.69, 9.17) is 4.74 Å². The highest BCUT2D eigenvalue weighted by molar-refractivity contribution is 6.03. The van der Waals surface area contributed by atoms with Crippen molar-refractivity contribution < 1.29 is 14.3 Å². The summed E-state index contributed by atoms with van der Waals surface area (Å²) in [6.07, 6.45) is 0.301. The van der Waals surface area contributed by atoms with Crippen molar-refractivity contribution in [1.82, 2.24) is 15.5 Å². The van der Waals surface area contributed by atoms with Crippen LogP contribution in [0.25, 0.3) is 11.3 Å². The maximum atomic E-state index is 12.4. The van der Waals surface area contributed by atoms with Crippen LogP contribution in [0, 0.1) is 0 Å². The van der Waals surface area contributed by atoms with E-state index < -0.39 is 0 Å². The van der Waals surface area contributed by atoms with E-state index in [1.54, 1.807) is 44.5 Å². The van der Waals surface area contributed by atoms with Gasteiger partial charge < -0.3 is 15.4 Å². The molecule has 0 atom stereocenters. The first-order chi connectivity index (χ1) is 13.1. The van der Waals surface area contributed by atoms with Crippen LogP contribution in [-0.4, -0.2) is 36.2 Å². The Labute approximate surface area is 156 Å². The summed E-state index contributed by atoms with van der Waals surface area (Å²) in [4.78, 5) is 23.8. The first-order valence-electron chi connectivity index (χ1n) is 8.40. The van der Waals surface area contributed by atoms with Gasteiger partial charge in [0.15, 0.2) is 0 Å². The van der Waals surface area contributed by atoms with Crippen LogP contribution in [0.4, 0.5) is 5.69 Å². The zero-order chi connectivity index (χ0) is 19.2. The van der Waals surface area contributed by atoms with Crippen LogP contribution in [0.3, 0.4) is 0 Å². The van der Waals surface area contributed by atoms with Crippen molar-refractivity contribution in [2.45, 2.75) is 6.42 Å². The van der Waals surface area contributed by atoms with Gasteiger partial charge in [-0.1, -0.05) is 24.3 Å². The Morgan fingerprint density at radius 2 is 1.89 bits per heavy atom. The average molecular weight is 364 g/mol. The molecule has 0 bridgehead atoms. The quantitative estimate of drug-likeness (QED) is 0.626. The third kappa shape index (κ3) is 4.52. The van der Waals surface area contributed by atoms with Gasteiger partial charge in [-0.15, -0.1) is 0 Å². The van der Waals surface area contributed by atoms with E-state index >= 15 is 0 Å². The zero-order valence-electron chi connectivity index (χ0n) is 15.1. The van der Waals surface area contributed by atoms with Crippen molar-refractivity contribution in [1.29, 1.82) is 0 Å².